The molecule has 4 aromatic rings. The van der Waals surface area contributed by atoms with Gasteiger partial charge in [0.15, 0.2) is 0 Å². The predicted octanol–water partition coefficient (Wildman–Crippen LogP) is 6.14. The standard InChI is InChI=1S/C27H26FN3O/c1-17-15-23-24(16-18(17)2)30-26(29-23)27(3)13-8-14-31(27)25(32)21-11-5-4-9-19(21)20-10-6-7-12-22(20)28/h4-7,9-12,15-16H,8,13-14H2,1-3H3,(H,29,30). The summed E-state index contributed by atoms with van der Waals surface area (Å²) < 4.78 is 14.6. The van der Waals surface area contributed by atoms with E-state index in [1.165, 1.54) is 17.2 Å². The van der Waals surface area contributed by atoms with Gasteiger partial charge in [0.25, 0.3) is 5.91 Å². The van der Waals surface area contributed by atoms with Gasteiger partial charge in [-0.3, -0.25) is 4.79 Å². The number of imidazole rings is 1. The highest BCUT2D eigenvalue weighted by Gasteiger charge is 2.44. The normalized spacial score (nSPS) is 18.4. The SMILES string of the molecule is Cc1cc2nc(C3(C)CCCN3C(=O)c3ccccc3-c3ccccc3F)[nH]c2cc1C. The van der Waals surface area contributed by atoms with Crippen molar-refractivity contribution in [2.75, 3.05) is 6.54 Å². The van der Waals surface area contributed by atoms with E-state index in [9.17, 15) is 9.18 Å². The van der Waals surface area contributed by atoms with E-state index in [1.807, 2.05) is 23.1 Å². The monoisotopic (exact) mass is 427 g/mol. The largest absolute Gasteiger partial charge is 0.340 e. The van der Waals surface area contributed by atoms with E-state index in [1.54, 1.807) is 24.3 Å². The second kappa shape index (κ2) is 7.59. The molecule has 0 bridgehead atoms. The number of nitrogens with zero attached hydrogens (tertiary/aromatic N) is 2. The number of nitrogens with one attached hydrogen (secondary N) is 1. The third-order valence-electron chi connectivity index (χ3n) is 6.82. The molecule has 1 aliphatic rings. The number of amides is 1. The van der Waals surface area contributed by atoms with E-state index in [2.05, 4.69) is 37.9 Å². The molecule has 1 fully saturated rings. The van der Waals surface area contributed by atoms with Crippen molar-refractivity contribution < 1.29 is 9.18 Å². The van der Waals surface area contributed by atoms with E-state index in [0.717, 1.165) is 29.7 Å². The summed E-state index contributed by atoms with van der Waals surface area (Å²) in [4.78, 5) is 24.1. The first kappa shape index (κ1) is 20.4. The van der Waals surface area contributed by atoms with Gasteiger partial charge in [-0.15, -0.1) is 0 Å². The van der Waals surface area contributed by atoms with Crippen LogP contribution in [0, 0.1) is 19.7 Å². The summed E-state index contributed by atoms with van der Waals surface area (Å²) >= 11 is 0. The molecule has 32 heavy (non-hydrogen) atoms. The number of aryl methyl sites for hydroxylation is 2. The number of H-pyrrole nitrogens is 1. The maximum absolute atomic E-state index is 14.6. The molecule has 3 aromatic carbocycles. The Hall–Kier alpha value is -3.47. The van der Waals surface area contributed by atoms with Crippen molar-refractivity contribution in [2.24, 2.45) is 0 Å². The number of likely N-dealkylation sites (tertiary alicyclic amines) is 1. The number of hydrogen-bond acceptors (Lipinski definition) is 2. The number of rotatable bonds is 3. The first-order valence-corrected chi connectivity index (χ1v) is 11.0. The summed E-state index contributed by atoms with van der Waals surface area (Å²) in [5.41, 5.74) is 5.29. The fourth-order valence-corrected chi connectivity index (χ4v) is 4.79. The summed E-state index contributed by atoms with van der Waals surface area (Å²) in [6.45, 7) is 6.87. The number of aromatic amines is 1. The third kappa shape index (κ3) is 3.20. The second-order valence-electron chi connectivity index (χ2n) is 8.90. The molecular formula is C27H26FN3O. The van der Waals surface area contributed by atoms with Gasteiger partial charge in [-0.2, -0.15) is 0 Å². The highest BCUT2D eigenvalue weighted by Crippen LogP contribution is 2.40. The highest BCUT2D eigenvalue weighted by molar-refractivity contribution is 6.01. The Morgan fingerprint density at radius 3 is 2.50 bits per heavy atom. The minimum atomic E-state index is -0.555. The number of carbonyl (C=O) groups excluding carboxylic acids is 1. The van der Waals surface area contributed by atoms with Gasteiger partial charge in [0.1, 0.15) is 11.6 Å². The average molecular weight is 428 g/mol. The first-order chi connectivity index (χ1) is 15.4. The summed E-state index contributed by atoms with van der Waals surface area (Å²) in [6, 6.07) is 18.1. The molecular weight excluding hydrogens is 401 g/mol. The smallest absolute Gasteiger partial charge is 0.255 e. The zero-order valence-electron chi connectivity index (χ0n) is 18.6. The Morgan fingerprint density at radius 2 is 1.72 bits per heavy atom. The summed E-state index contributed by atoms with van der Waals surface area (Å²) in [6.07, 6.45) is 1.71. The molecule has 1 atom stereocenters. The number of aromatic nitrogens is 2. The van der Waals surface area contributed by atoms with Gasteiger partial charge in [0, 0.05) is 17.7 Å². The van der Waals surface area contributed by atoms with Gasteiger partial charge < -0.3 is 9.88 Å². The molecule has 162 valence electrons. The lowest BCUT2D eigenvalue weighted by molar-refractivity contribution is 0.0607. The summed E-state index contributed by atoms with van der Waals surface area (Å²) in [7, 11) is 0. The zero-order valence-corrected chi connectivity index (χ0v) is 18.6. The quantitative estimate of drug-likeness (QED) is 0.427. The number of hydrogen-bond donors (Lipinski definition) is 1. The molecule has 0 spiro atoms. The third-order valence-corrected chi connectivity index (χ3v) is 6.82. The predicted molar refractivity (Wildman–Crippen MR) is 125 cm³/mol. The van der Waals surface area contributed by atoms with Crippen molar-refractivity contribution in [3.63, 3.8) is 0 Å². The first-order valence-electron chi connectivity index (χ1n) is 11.0. The van der Waals surface area contributed by atoms with Crippen LogP contribution in [0.2, 0.25) is 0 Å². The number of fused-ring (bicyclic) bond motifs is 1. The molecule has 5 rings (SSSR count). The van der Waals surface area contributed by atoms with Crippen LogP contribution in [0.3, 0.4) is 0 Å². The maximum Gasteiger partial charge on any atom is 0.255 e. The zero-order chi connectivity index (χ0) is 22.5. The Balaban J connectivity index is 1.57. The Kier molecular flexibility index (Phi) is 4.85. The van der Waals surface area contributed by atoms with E-state index < -0.39 is 5.54 Å². The maximum atomic E-state index is 14.6. The van der Waals surface area contributed by atoms with Gasteiger partial charge in [0.05, 0.1) is 16.6 Å². The van der Waals surface area contributed by atoms with E-state index >= 15 is 0 Å². The molecule has 4 nitrogen and oxygen atoms in total. The lowest BCUT2D eigenvalue weighted by Crippen LogP contribution is -2.43. The number of carbonyl (C=O) groups is 1. The summed E-state index contributed by atoms with van der Waals surface area (Å²) in [5.74, 6) is 0.364. The van der Waals surface area contributed by atoms with Crippen LogP contribution < -0.4 is 0 Å². The van der Waals surface area contributed by atoms with Gasteiger partial charge in [-0.25, -0.2) is 9.37 Å². The van der Waals surface area contributed by atoms with Gasteiger partial charge >= 0.3 is 0 Å². The van der Waals surface area contributed by atoms with Crippen molar-refractivity contribution in [2.45, 2.75) is 39.2 Å². The van der Waals surface area contributed by atoms with Crippen LogP contribution in [-0.2, 0) is 5.54 Å². The van der Waals surface area contributed by atoms with Crippen molar-refractivity contribution in [1.29, 1.82) is 0 Å². The number of benzene rings is 3. The van der Waals surface area contributed by atoms with E-state index in [-0.39, 0.29) is 11.7 Å². The van der Waals surface area contributed by atoms with Gasteiger partial charge in [-0.05, 0) is 74.6 Å². The molecule has 1 saturated heterocycles. The lowest BCUT2D eigenvalue weighted by atomic mass is 9.94. The second-order valence-corrected chi connectivity index (χ2v) is 8.90. The molecule has 1 aliphatic heterocycles. The Morgan fingerprint density at radius 1 is 1.03 bits per heavy atom. The van der Waals surface area contributed by atoms with Gasteiger partial charge in [0.2, 0.25) is 0 Å². The van der Waals surface area contributed by atoms with Crippen LogP contribution in [-0.4, -0.2) is 27.3 Å². The molecule has 1 unspecified atom stereocenters. The van der Waals surface area contributed by atoms with Crippen LogP contribution in [0.5, 0.6) is 0 Å². The lowest BCUT2D eigenvalue weighted by Gasteiger charge is -2.34. The van der Waals surface area contributed by atoms with Crippen LogP contribution in [0.25, 0.3) is 22.2 Å². The van der Waals surface area contributed by atoms with Crippen LogP contribution in [0.1, 0.15) is 47.1 Å². The molecule has 1 N–H and O–H groups in total. The molecule has 5 heteroatoms. The summed E-state index contributed by atoms with van der Waals surface area (Å²) in [5, 5.41) is 0. The Bertz CT molecular complexity index is 1300. The molecule has 1 amide bonds. The van der Waals surface area contributed by atoms with Crippen molar-refractivity contribution in [1.82, 2.24) is 14.9 Å². The molecule has 0 saturated carbocycles. The van der Waals surface area contributed by atoms with Crippen LogP contribution >= 0.6 is 0 Å². The average Bonchev–Trinajstić information content (AvgIpc) is 3.38. The topological polar surface area (TPSA) is 49.0 Å². The molecule has 1 aromatic heterocycles. The Labute approximate surface area is 187 Å². The molecule has 2 heterocycles. The minimum absolute atomic E-state index is 0.100. The van der Waals surface area contributed by atoms with Crippen molar-refractivity contribution >= 4 is 16.9 Å². The van der Waals surface area contributed by atoms with Crippen LogP contribution in [0.15, 0.2) is 60.7 Å². The fourth-order valence-electron chi connectivity index (χ4n) is 4.79. The minimum Gasteiger partial charge on any atom is -0.340 e. The molecule has 0 radical (unpaired) electrons. The fraction of sp³-hybridized carbons (Fsp3) is 0.259. The van der Waals surface area contributed by atoms with Crippen molar-refractivity contribution in [3.05, 3.63) is 89.0 Å². The van der Waals surface area contributed by atoms with E-state index in [4.69, 9.17) is 4.98 Å². The number of halogens is 1. The van der Waals surface area contributed by atoms with E-state index in [0.29, 0.717) is 23.2 Å². The van der Waals surface area contributed by atoms with Crippen molar-refractivity contribution in [3.8, 4) is 11.1 Å². The van der Waals surface area contributed by atoms with Crippen LogP contribution in [0.4, 0.5) is 4.39 Å². The van der Waals surface area contributed by atoms with Gasteiger partial charge in [-0.1, -0.05) is 36.4 Å². The highest BCUT2D eigenvalue weighted by atomic mass is 19.1. The molecule has 0 aliphatic carbocycles.